The Labute approximate surface area is 99.6 Å². The van der Waals surface area contributed by atoms with Crippen molar-refractivity contribution in [3.63, 3.8) is 0 Å². The Bertz CT molecular complexity index is 363. The van der Waals surface area contributed by atoms with Crippen LogP contribution in [0, 0.1) is 5.41 Å². The molecule has 0 radical (unpaired) electrons. The molecule has 0 bridgehead atoms. The molecule has 0 fully saturated rings. The summed E-state index contributed by atoms with van der Waals surface area (Å²) < 4.78 is 25.3. The van der Waals surface area contributed by atoms with Crippen molar-refractivity contribution in [2.45, 2.75) is 40.5 Å². The molecule has 16 heavy (non-hydrogen) atoms. The van der Waals surface area contributed by atoms with E-state index in [1.807, 2.05) is 6.92 Å². The quantitative estimate of drug-likeness (QED) is 0.716. The Hall–Kier alpha value is -0.350. The number of sulfonamides is 1. The SMILES string of the molecule is CCCS(=O)(=O)N1CC=C(C(C)(C)C)CC1. The van der Waals surface area contributed by atoms with Crippen molar-refractivity contribution in [1.29, 1.82) is 0 Å². The van der Waals surface area contributed by atoms with Gasteiger partial charge in [-0.25, -0.2) is 8.42 Å². The zero-order chi connectivity index (χ0) is 12.4. The second-order valence-electron chi connectivity index (χ2n) is 5.40. The maximum atomic E-state index is 11.8. The lowest BCUT2D eigenvalue weighted by atomic mass is 9.83. The first-order valence-corrected chi connectivity index (χ1v) is 7.55. The molecule has 4 heteroatoms. The van der Waals surface area contributed by atoms with Crippen molar-refractivity contribution in [1.82, 2.24) is 4.31 Å². The van der Waals surface area contributed by atoms with Crippen molar-refractivity contribution in [3.05, 3.63) is 11.6 Å². The van der Waals surface area contributed by atoms with Crippen LogP contribution in [0.4, 0.5) is 0 Å². The minimum atomic E-state index is -3.01. The highest BCUT2D eigenvalue weighted by Crippen LogP contribution is 2.30. The van der Waals surface area contributed by atoms with E-state index in [-0.39, 0.29) is 11.2 Å². The minimum absolute atomic E-state index is 0.167. The molecule has 94 valence electrons. The van der Waals surface area contributed by atoms with Crippen LogP contribution in [-0.4, -0.2) is 31.6 Å². The van der Waals surface area contributed by atoms with Gasteiger partial charge in [0.15, 0.2) is 0 Å². The van der Waals surface area contributed by atoms with Gasteiger partial charge in [-0.2, -0.15) is 4.31 Å². The topological polar surface area (TPSA) is 37.4 Å². The van der Waals surface area contributed by atoms with Crippen LogP contribution in [0.1, 0.15) is 40.5 Å². The first kappa shape index (κ1) is 13.7. The first-order chi connectivity index (χ1) is 7.27. The summed E-state index contributed by atoms with van der Waals surface area (Å²) in [7, 11) is -3.01. The molecule has 0 unspecified atom stereocenters. The first-order valence-electron chi connectivity index (χ1n) is 5.94. The zero-order valence-electron chi connectivity index (χ0n) is 10.8. The van der Waals surface area contributed by atoms with E-state index in [1.54, 1.807) is 4.31 Å². The van der Waals surface area contributed by atoms with Gasteiger partial charge >= 0.3 is 0 Å². The lowest BCUT2D eigenvalue weighted by Gasteiger charge is -2.31. The fourth-order valence-electron chi connectivity index (χ4n) is 1.97. The number of hydrogen-bond donors (Lipinski definition) is 0. The molecule has 1 rings (SSSR count). The average Bonchev–Trinajstić information content (AvgIpc) is 2.16. The van der Waals surface area contributed by atoms with Crippen molar-refractivity contribution < 1.29 is 8.42 Å². The highest BCUT2D eigenvalue weighted by atomic mass is 32.2. The van der Waals surface area contributed by atoms with E-state index >= 15 is 0 Å². The van der Waals surface area contributed by atoms with Crippen molar-refractivity contribution >= 4 is 10.0 Å². The highest BCUT2D eigenvalue weighted by molar-refractivity contribution is 7.89. The molecule has 1 heterocycles. The molecular weight excluding hydrogens is 222 g/mol. The van der Waals surface area contributed by atoms with Gasteiger partial charge in [-0.1, -0.05) is 39.3 Å². The predicted octanol–water partition coefficient (Wildman–Crippen LogP) is 2.40. The van der Waals surface area contributed by atoms with Gasteiger partial charge in [0.05, 0.1) is 5.75 Å². The monoisotopic (exact) mass is 245 g/mol. The van der Waals surface area contributed by atoms with Gasteiger partial charge in [-0.05, 0) is 18.3 Å². The second kappa shape index (κ2) is 4.88. The molecule has 0 atom stereocenters. The maximum absolute atomic E-state index is 11.8. The van der Waals surface area contributed by atoms with Crippen LogP contribution < -0.4 is 0 Å². The molecule has 0 spiro atoms. The van der Waals surface area contributed by atoms with E-state index in [4.69, 9.17) is 0 Å². The molecule has 0 saturated heterocycles. The largest absolute Gasteiger partial charge is 0.214 e. The van der Waals surface area contributed by atoms with Gasteiger partial charge < -0.3 is 0 Å². The van der Waals surface area contributed by atoms with Crippen LogP contribution in [-0.2, 0) is 10.0 Å². The summed E-state index contributed by atoms with van der Waals surface area (Å²) in [5, 5.41) is 0. The predicted molar refractivity (Wildman–Crippen MR) is 67.8 cm³/mol. The van der Waals surface area contributed by atoms with Gasteiger partial charge in [-0.3, -0.25) is 0 Å². The summed E-state index contributed by atoms with van der Waals surface area (Å²) in [4.78, 5) is 0. The van der Waals surface area contributed by atoms with Gasteiger partial charge in [-0.15, -0.1) is 0 Å². The van der Waals surface area contributed by atoms with E-state index in [0.717, 1.165) is 6.42 Å². The van der Waals surface area contributed by atoms with E-state index in [9.17, 15) is 8.42 Å². The summed E-state index contributed by atoms with van der Waals surface area (Å²) in [5.74, 6) is 0.270. The highest BCUT2D eigenvalue weighted by Gasteiger charge is 2.26. The summed E-state index contributed by atoms with van der Waals surface area (Å²) >= 11 is 0. The molecule has 3 nitrogen and oxygen atoms in total. The standard InChI is InChI=1S/C12H23NO2S/c1-5-10-16(14,15)13-8-6-11(7-9-13)12(2,3)4/h6H,5,7-10H2,1-4H3. The Balaban J connectivity index is 2.72. The molecule has 0 saturated carbocycles. The molecule has 1 aliphatic rings. The van der Waals surface area contributed by atoms with Crippen LogP contribution in [0.25, 0.3) is 0 Å². The molecule has 0 aromatic rings. The minimum Gasteiger partial charge on any atom is -0.212 e. The Kier molecular flexibility index (Phi) is 4.18. The summed E-state index contributed by atoms with van der Waals surface area (Å²) in [5.41, 5.74) is 1.54. The average molecular weight is 245 g/mol. The number of rotatable bonds is 3. The lowest BCUT2D eigenvalue weighted by molar-refractivity contribution is 0.389. The Morgan fingerprint density at radius 1 is 1.38 bits per heavy atom. The van der Waals surface area contributed by atoms with E-state index in [1.165, 1.54) is 5.57 Å². The van der Waals surface area contributed by atoms with Crippen LogP contribution in [0.3, 0.4) is 0 Å². The molecule has 0 aromatic heterocycles. The molecular formula is C12H23NO2S. The third-order valence-corrected chi connectivity index (χ3v) is 5.03. The Morgan fingerprint density at radius 3 is 2.38 bits per heavy atom. The fourth-order valence-corrected chi connectivity index (χ4v) is 3.42. The molecule has 1 aliphatic heterocycles. The normalized spacial score (nSPS) is 19.6. The summed E-state index contributed by atoms with van der Waals surface area (Å²) in [6, 6.07) is 0. The van der Waals surface area contributed by atoms with Crippen molar-refractivity contribution in [3.8, 4) is 0 Å². The van der Waals surface area contributed by atoms with Gasteiger partial charge in [0.2, 0.25) is 10.0 Å². The Morgan fingerprint density at radius 2 is 2.00 bits per heavy atom. The molecule has 0 aliphatic carbocycles. The molecule has 0 aromatic carbocycles. The van der Waals surface area contributed by atoms with Crippen LogP contribution in [0.5, 0.6) is 0 Å². The maximum Gasteiger partial charge on any atom is 0.214 e. The molecule has 0 N–H and O–H groups in total. The lowest BCUT2D eigenvalue weighted by Crippen LogP contribution is -2.37. The van der Waals surface area contributed by atoms with Crippen LogP contribution >= 0.6 is 0 Å². The second-order valence-corrected chi connectivity index (χ2v) is 7.49. The van der Waals surface area contributed by atoms with Gasteiger partial charge in [0.25, 0.3) is 0 Å². The van der Waals surface area contributed by atoms with E-state index in [2.05, 4.69) is 26.8 Å². The third-order valence-electron chi connectivity index (χ3n) is 2.99. The van der Waals surface area contributed by atoms with Gasteiger partial charge in [0.1, 0.15) is 0 Å². The van der Waals surface area contributed by atoms with E-state index < -0.39 is 10.0 Å². The van der Waals surface area contributed by atoms with E-state index in [0.29, 0.717) is 19.5 Å². The van der Waals surface area contributed by atoms with Crippen LogP contribution in [0.2, 0.25) is 0 Å². The zero-order valence-corrected chi connectivity index (χ0v) is 11.6. The fraction of sp³-hybridized carbons (Fsp3) is 0.833. The van der Waals surface area contributed by atoms with Gasteiger partial charge in [0, 0.05) is 13.1 Å². The van der Waals surface area contributed by atoms with Crippen LogP contribution in [0.15, 0.2) is 11.6 Å². The summed E-state index contributed by atoms with van der Waals surface area (Å²) in [6.07, 6.45) is 3.64. The molecule has 0 amide bonds. The third kappa shape index (κ3) is 3.32. The number of hydrogen-bond acceptors (Lipinski definition) is 2. The van der Waals surface area contributed by atoms with Crippen molar-refractivity contribution in [2.24, 2.45) is 5.41 Å². The smallest absolute Gasteiger partial charge is 0.212 e. The van der Waals surface area contributed by atoms with Crippen molar-refractivity contribution in [2.75, 3.05) is 18.8 Å². The number of nitrogens with zero attached hydrogens (tertiary/aromatic N) is 1. The summed E-state index contributed by atoms with van der Waals surface area (Å²) in [6.45, 7) is 9.62.